The second-order valence-corrected chi connectivity index (χ2v) is 5.83. The van der Waals surface area contributed by atoms with E-state index in [1.165, 1.54) is 18.2 Å². The van der Waals surface area contributed by atoms with Crippen LogP contribution in [0.1, 0.15) is 21.7 Å². The van der Waals surface area contributed by atoms with Gasteiger partial charge >= 0.3 is 5.97 Å². The van der Waals surface area contributed by atoms with Crippen molar-refractivity contribution in [2.75, 3.05) is 0 Å². The summed E-state index contributed by atoms with van der Waals surface area (Å²) in [5.74, 6) is -0.528. The van der Waals surface area contributed by atoms with Crippen LogP contribution in [0.25, 0.3) is 23.1 Å². The summed E-state index contributed by atoms with van der Waals surface area (Å²) in [5.41, 5.74) is 1.44. The highest BCUT2D eigenvalue weighted by Crippen LogP contribution is 2.19. The molecule has 4 nitrogen and oxygen atoms in total. The molecule has 114 valence electrons. The molecule has 0 atom stereocenters. The minimum Gasteiger partial charge on any atom is -0.478 e. The molecule has 0 aliphatic carbocycles. The molecule has 3 aromatic rings. The molecule has 2 aromatic carbocycles. The Morgan fingerprint density at radius 3 is 2.48 bits per heavy atom. The summed E-state index contributed by atoms with van der Waals surface area (Å²) in [6.07, 6.45) is 3.44. The van der Waals surface area contributed by atoms with E-state index in [4.69, 9.17) is 9.52 Å². The summed E-state index contributed by atoms with van der Waals surface area (Å²) >= 11 is 3.33. The minimum absolute atomic E-state index is 0.117. The average Bonchev–Trinajstić information content (AvgIpc) is 2.54. The second kappa shape index (κ2) is 6.22. The Morgan fingerprint density at radius 1 is 1.04 bits per heavy atom. The van der Waals surface area contributed by atoms with Gasteiger partial charge in [-0.05, 0) is 42.0 Å². The first-order valence-electron chi connectivity index (χ1n) is 6.78. The monoisotopic (exact) mass is 370 g/mol. The van der Waals surface area contributed by atoms with Crippen molar-refractivity contribution < 1.29 is 14.3 Å². The molecule has 23 heavy (non-hydrogen) atoms. The maximum Gasteiger partial charge on any atom is 0.335 e. The molecule has 5 heteroatoms. The van der Waals surface area contributed by atoms with E-state index < -0.39 is 5.97 Å². The number of hydrogen-bond acceptors (Lipinski definition) is 3. The highest BCUT2D eigenvalue weighted by Gasteiger charge is 2.04. The lowest BCUT2D eigenvalue weighted by atomic mass is 10.1. The smallest absolute Gasteiger partial charge is 0.335 e. The topological polar surface area (TPSA) is 67.5 Å². The van der Waals surface area contributed by atoms with Gasteiger partial charge in [-0.3, -0.25) is 4.79 Å². The molecule has 0 spiro atoms. The predicted octanol–water partition coefficient (Wildman–Crippen LogP) is 4.42. The molecule has 0 radical (unpaired) electrons. The van der Waals surface area contributed by atoms with Crippen LogP contribution < -0.4 is 5.43 Å². The summed E-state index contributed by atoms with van der Waals surface area (Å²) in [7, 11) is 0. The van der Waals surface area contributed by atoms with Crippen molar-refractivity contribution in [3.63, 3.8) is 0 Å². The van der Waals surface area contributed by atoms with Gasteiger partial charge < -0.3 is 9.52 Å². The fourth-order valence-electron chi connectivity index (χ4n) is 2.14. The summed E-state index contributed by atoms with van der Waals surface area (Å²) < 4.78 is 6.50. The number of fused-ring (bicyclic) bond motifs is 1. The average molecular weight is 371 g/mol. The van der Waals surface area contributed by atoms with Crippen LogP contribution in [0, 0.1) is 0 Å². The Labute approximate surface area is 139 Å². The standard InChI is InChI=1S/C18H11BrO4/c19-13-6-8-17-15(9-13)16(20)10-14(23-17)7-3-11-1-4-12(5-2-11)18(21)22/h1-10H,(H,21,22). The van der Waals surface area contributed by atoms with Crippen LogP contribution in [0.2, 0.25) is 0 Å². The maximum absolute atomic E-state index is 12.1. The van der Waals surface area contributed by atoms with Gasteiger partial charge in [-0.15, -0.1) is 0 Å². The van der Waals surface area contributed by atoms with E-state index in [-0.39, 0.29) is 11.0 Å². The molecule has 0 saturated heterocycles. The molecule has 1 aromatic heterocycles. The van der Waals surface area contributed by atoms with E-state index in [1.54, 1.807) is 36.4 Å². The van der Waals surface area contributed by atoms with Gasteiger partial charge in [0.05, 0.1) is 10.9 Å². The van der Waals surface area contributed by atoms with Gasteiger partial charge in [-0.25, -0.2) is 4.79 Å². The first-order chi connectivity index (χ1) is 11.0. The third-order valence-corrected chi connectivity index (χ3v) is 3.80. The van der Waals surface area contributed by atoms with Crippen LogP contribution in [0.4, 0.5) is 0 Å². The van der Waals surface area contributed by atoms with Crippen molar-refractivity contribution in [2.45, 2.75) is 0 Å². The lowest BCUT2D eigenvalue weighted by Crippen LogP contribution is -2.00. The van der Waals surface area contributed by atoms with Gasteiger partial charge in [0.2, 0.25) is 0 Å². The van der Waals surface area contributed by atoms with Crippen LogP contribution in [0.3, 0.4) is 0 Å². The molecule has 0 amide bonds. The van der Waals surface area contributed by atoms with Crippen molar-refractivity contribution in [1.29, 1.82) is 0 Å². The second-order valence-electron chi connectivity index (χ2n) is 4.91. The van der Waals surface area contributed by atoms with Gasteiger partial charge in [0, 0.05) is 10.5 Å². The van der Waals surface area contributed by atoms with Crippen LogP contribution in [-0.2, 0) is 0 Å². The number of benzene rings is 2. The summed E-state index contributed by atoms with van der Waals surface area (Å²) in [6, 6.07) is 13.1. The quantitative estimate of drug-likeness (QED) is 0.740. The third kappa shape index (κ3) is 3.40. The lowest BCUT2D eigenvalue weighted by molar-refractivity contribution is 0.0697. The number of halogens is 1. The molecule has 1 heterocycles. The zero-order valence-corrected chi connectivity index (χ0v) is 13.4. The number of carboxylic acids is 1. The summed E-state index contributed by atoms with van der Waals surface area (Å²) in [6.45, 7) is 0. The fraction of sp³-hybridized carbons (Fsp3) is 0. The highest BCUT2D eigenvalue weighted by atomic mass is 79.9. The molecule has 0 saturated carbocycles. The zero-order valence-electron chi connectivity index (χ0n) is 11.8. The van der Waals surface area contributed by atoms with Crippen LogP contribution >= 0.6 is 15.9 Å². The summed E-state index contributed by atoms with van der Waals surface area (Å²) in [4.78, 5) is 22.9. The van der Waals surface area contributed by atoms with Crippen molar-refractivity contribution in [2.24, 2.45) is 0 Å². The largest absolute Gasteiger partial charge is 0.478 e. The Kier molecular flexibility index (Phi) is 4.12. The van der Waals surface area contributed by atoms with Crippen LogP contribution in [-0.4, -0.2) is 11.1 Å². The zero-order chi connectivity index (χ0) is 16.4. The number of aromatic carboxylic acids is 1. The van der Waals surface area contributed by atoms with Crippen LogP contribution in [0.5, 0.6) is 0 Å². The number of rotatable bonds is 3. The molecule has 0 fully saturated rings. The van der Waals surface area contributed by atoms with Crippen LogP contribution in [0.15, 0.2) is 62.2 Å². The van der Waals surface area contributed by atoms with Crippen molar-refractivity contribution in [1.82, 2.24) is 0 Å². The van der Waals surface area contributed by atoms with E-state index in [2.05, 4.69) is 15.9 Å². The molecule has 1 N–H and O–H groups in total. The van der Waals surface area contributed by atoms with Gasteiger partial charge in [0.15, 0.2) is 5.43 Å². The Morgan fingerprint density at radius 2 is 1.78 bits per heavy atom. The van der Waals surface area contributed by atoms with E-state index in [0.29, 0.717) is 16.7 Å². The van der Waals surface area contributed by atoms with Crippen molar-refractivity contribution in [3.8, 4) is 0 Å². The van der Waals surface area contributed by atoms with Gasteiger partial charge in [0.1, 0.15) is 11.3 Å². The predicted molar refractivity (Wildman–Crippen MR) is 92.5 cm³/mol. The molecule has 0 unspecified atom stereocenters. The normalized spacial score (nSPS) is 11.2. The minimum atomic E-state index is -0.966. The Bertz CT molecular complexity index is 968. The number of carbonyl (C=O) groups is 1. The maximum atomic E-state index is 12.1. The molecule has 0 aliphatic heterocycles. The highest BCUT2D eigenvalue weighted by molar-refractivity contribution is 9.10. The number of hydrogen-bond donors (Lipinski definition) is 1. The SMILES string of the molecule is O=C(O)c1ccc(C=Cc2cc(=O)c3cc(Br)ccc3o2)cc1. The van der Waals surface area contributed by atoms with Gasteiger partial charge in [0.25, 0.3) is 0 Å². The number of carboxylic acid groups (broad SMARTS) is 1. The van der Waals surface area contributed by atoms with Gasteiger partial charge in [-0.1, -0.05) is 34.1 Å². The fourth-order valence-corrected chi connectivity index (χ4v) is 2.51. The first kappa shape index (κ1) is 15.2. The molecule has 3 rings (SSSR count). The third-order valence-electron chi connectivity index (χ3n) is 3.31. The van der Waals surface area contributed by atoms with Crippen molar-refractivity contribution >= 4 is 45.0 Å². The van der Waals surface area contributed by atoms with Crippen molar-refractivity contribution in [3.05, 3.63) is 80.1 Å². The molecular formula is C18H11BrO4. The Balaban J connectivity index is 1.93. The Hall–Kier alpha value is -2.66. The van der Waals surface area contributed by atoms with E-state index in [0.717, 1.165) is 10.0 Å². The van der Waals surface area contributed by atoms with E-state index in [9.17, 15) is 9.59 Å². The first-order valence-corrected chi connectivity index (χ1v) is 7.57. The van der Waals surface area contributed by atoms with E-state index >= 15 is 0 Å². The lowest BCUT2D eigenvalue weighted by Gasteiger charge is -2.00. The summed E-state index contributed by atoms with van der Waals surface area (Å²) in [5, 5.41) is 9.38. The molecule has 0 bridgehead atoms. The van der Waals surface area contributed by atoms with E-state index in [1.807, 2.05) is 6.07 Å². The molecular weight excluding hydrogens is 360 g/mol. The van der Waals surface area contributed by atoms with Gasteiger partial charge in [-0.2, -0.15) is 0 Å². The molecule has 0 aliphatic rings.